The lowest BCUT2D eigenvalue weighted by molar-refractivity contribution is -0.137. The second kappa shape index (κ2) is 8.41. The average molecular weight is 328 g/mol. The van der Waals surface area contributed by atoms with E-state index in [-0.39, 0.29) is 12.3 Å². The number of thioether (sulfide) groups is 1. The number of amides is 1. The van der Waals surface area contributed by atoms with Crippen molar-refractivity contribution in [2.24, 2.45) is 0 Å². The van der Waals surface area contributed by atoms with Crippen LogP contribution < -0.4 is 10.6 Å². The van der Waals surface area contributed by atoms with Crippen LogP contribution in [-0.4, -0.2) is 41.1 Å². The quantitative estimate of drug-likeness (QED) is 0.712. The Bertz CT molecular complexity index is 459. The highest BCUT2D eigenvalue weighted by atomic mass is 32.2. The maximum Gasteiger partial charge on any atom is 0.305 e. The lowest BCUT2D eigenvalue weighted by Crippen LogP contribution is -2.33. The van der Waals surface area contributed by atoms with E-state index in [1.54, 1.807) is 11.8 Å². The number of hydrogen-bond donors (Lipinski definition) is 3. The molecular formula is C14H20N2O3S2. The van der Waals surface area contributed by atoms with E-state index < -0.39 is 12.0 Å². The summed E-state index contributed by atoms with van der Waals surface area (Å²) in [4.78, 5) is 23.9. The Morgan fingerprint density at radius 2 is 2.24 bits per heavy atom. The van der Waals surface area contributed by atoms with Gasteiger partial charge in [-0.25, -0.2) is 0 Å². The van der Waals surface area contributed by atoms with E-state index in [1.165, 1.54) is 11.3 Å². The summed E-state index contributed by atoms with van der Waals surface area (Å²) in [6.45, 7) is 2.02. The van der Waals surface area contributed by atoms with Gasteiger partial charge in [0, 0.05) is 10.1 Å². The number of rotatable bonds is 7. The molecule has 1 aliphatic heterocycles. The van der Waals surface area contributed by atoms with Gasteiger partial charge in [0.2, 0.25) is 5.91 Å². The maximum absolute atomic E-state index is 12.0. The van der Waals surface area contributed by atoms with Gasteiger partial charge in [0.1, 0.15) is 0 Å². The van der Waals surface area contributed by atoms with Crippen molar-refractivity contribution < 1.29 is 14.7 Å². The fraction of sp³-hybridized carbons (Fsp3) is 0.571. The number of carboxylic acids is 1. The second-order valence-corrected chi connectivity index (χ2v) is 7.26. The number of hydrogen-bond acceptors (Lipinski definition) is 5. The van der Waals surface area contributed by atoms with Crippen LogP contribution in [0.2, 0.25) is 0 Å². The summed E-state index contributed by atoms with van der Waals surface area (Å²) < 4.78 is 0. The molecule has 1 aromatic heterocycles. The number of piperidine rings is 1. The third-order valence-corrected chi connectivity index (χ3v) is 5.69. The standard InChI is InChI=1S/C14H20N2O3S2/c17-13(9-21-10-3-5-15-6-4-10)16-11(8-14(18)19)12-2-1-7-20-12/h1-2,7,10-11,15H,3-6,8-9H2,(H,16,17)(H,18,19). The lowest BCUT2D eigenvalue weighted by atomic mass is 10.1. The fourth-order valence-electron chi connectivity index (χ4n) is 2.28. The lowest BCUT2D eigenvalue weighted by Gasteiger charge is -2.22. The Kier molecular flexibility index (Phi) is 6.53. The van der Waals surface area contributed by atoms with Crippen molar-refractivity contribution in [3.63, 3.8) is 0 Å². The number of carbonyl (C=O) groups excluding carboxylic acids is 1. The van der Waals surface area contributed by atoms with Crippen molar-refractivity contribution in [2.45, 2.75) is 30.6 Å². The molecule has 0 bridgehead atoms. The molecule has 1 aliphatic rings. The summed E-state index contributed by atoms with van der Waals surface area (Å²) in [7, 11) is 0. The molecule has 0 radical (unpaired) electrons. The van der Waals surface area contributed by atoms with Crippen LogP contribution in [0.15, 0.2) is 17.5 Å². The molecule has 116 valence electrons. The molecule has 1 aromatic rings. The Labute approximate surface area is 132 Å². The number of nitrogens with one attached hydrogen (secondary N) is 2. The molecule has 1 atom stereocenters. The first kappa shape index (κ1) is 16.3. The molecule has 3 N–H and O–H groups in total. The molecule has 0 saturated carbocycles. The van der Waals surface area contributed by atoms with Crippen molar-refractivity contribution in [2.75, 3.05) is 18.8 Å². The molecule has 2 heterocycles. The van der Waals surface area contributed by atoms with Crippen LogP contribution in [0.4, 0.5) is 0 Å². The first-order valence-electron chi connectivity index (χ1n) is 7.02. The fourth-order valence-corrected chi connectivity index (χ4v) is 4.10. The molecule has 0 aliphatic carbocycles. The van der Waals surface area contributed by atoms with E-state index >= 15 is 0 Å². The number of aliphatic carboxylic acids is 1. The van der Waals surface area contributed by atoms with Gasteiger partial charge in [-0.2, -0.15) is 0 Å². The summed E-state index contributed by atoms with van der Waals surface area (Å²) in [6.07, 6.45) is 2.09. The predicted molar refractivity (Wildman–Crippen MR) is 85.8 cm³/mol. The molecule has 1 amide bonds. The molecule has 7 heteroatoms. The largest absolute Gasteiger partial charge is 0.481 e. The summed E-state index contributed by atoms with van der Waals surface area (Å²) >= 11 is 3.14. The first-order chi connectivity index (χ1) is 10.1. The molecule has 21 heavy (non-hydrogen) atoms. The van der Waals surface area contributed by atoms with Crippen molar-refractivity contribution in [3.8, 4) is 0 Å². The molecule has 5 nitrogen and oxygen atoms in total. The van der Waals surface area contributed by atoms with E-state index in [1.807, 2.05) is 17.5 Å². The number of carbonyl (C=O) groups is 2. The number of carboxylic acid groups (broad SMARTS) is 1. The Hall–Kier alpha value is -1.05. The topological polar surface area (TPSA) is 78.4 Å². The summed E-state index contributed by atoms with van der Waals surface area (Å²) in [5, 5.41) is 17.5. The van der Waals surface area contributed by atoms with Crippen molar-refractivity contribution in [3.05, 3.63) is 22.4 Å². The molecule has 0 spiro atoms. The van der Waals surface area contributed by atoms with E-state index in [9.17, 15) is 9.59 Å². The average Bonchev–Trinajstić information content (AvgIpc) is 2.99. The van der Waals surface area contributed by atoms with Crippen LogP contribution in [-0.2, 0) is 9.59 Å². The normalized spacial score (nSPS) is 17.3. The zero-order valence-corrected chi connectivity index (χ0v) is 13.3. The highest BCUT2D eigenvalue weighted by molar-refractivity contribution is 8.00. The Morgan fingerprint density at radius 1 is 1.48 bits per heavy atom. The highest BCUT2D eigenvalue weighted by Crippen LogP contribution is 2.23. The molecule has 1 unspecified atom stereocenters. The van der Waals surface area contributed by atoms with Gasteiger partial charge < -0.3 is 15.7 Å². The van der Waals surface area contributed by atoms with E-state index in [4.69, 9.17) is 5.11 Å². The van der Waals surface area contributed by atoms with Crippen LogP contribution in [0.3, 0.4) is 0 Å². The van der Waals surface area contributed by atoms with E-state index in [2.05, 4.69) is 10.6 Å². The first-order valence-corrected chi connectivity index (χ1v) is 8.95. The molecule has 0 aromatic carbocycles. The van der Waals surface area contributed by atoms with Crippen molar-refractivity contribution in [1.82, 2.24) is 10.6 Å². The summed E-state index contributed by atoms with van der Waals surface area (Å²) in [6, 6.07) is 3.30. The van der Waals surface area contributed by atoms with Gasteiger partial charge >= 0.3 is 5.97 Å². The second-order valence-electron chi connectivity index (χ2n) is 4.99. The van der Waals surface area contributed by atoms with Gasteiger partial charge in [0.05, 0.1) is 18.2 Å². The van der Waals surface area contributed by atoms with Gasteiger partial charge in [-0.05, 0) is 37.4 Å². The van der Waals surface area contributed by atoms with Crippen LogP contribution >= 0.6 is 23.1 Å². The van der Waals surface area contributed by atoms with Gasteiger partial charge in [0.15, 0.2) is 0 Å². The Morgan fingerprint density at radius 3 is 2.86 bits per heavy atom. The molecule has 1 saturated heterocycles. The van der Waals surface area contributed by atoms with Crippen LogP contribution in [0.25, 0.3) is 0 Å². The Balaban J connectivity index is 1.81. The smallest absolute Gasteiger partial charge is 0.305 e. The van der Waals surface area contributed by atoms with E-state index in [0.717, 1.165) is 30.8 Å². The zero-order chi connectivity index (χ0) is 15.1. The highest BCUT2D eigenvalue weighted by Gasteiger charge is 2.20. The van der Waals surface area contributed by atoms with Gasteiger partial charge in [-0.3, -0.25) is 9.59 Å². The zero-order valence-electron chi connectivity index (χ0n) is 11.7. The van der Waals surface area contributed by atoms with Gasteiger partial charge in [0.25, 0.3) is 0 Å². The van der Waals surface area contributed by atoms with Crippen LogP contribution in [0, 0.1) is 0 Å². The van der Waals surface area contributed by atoms with Crippen LogP contribution in [0.1, 0.15) is 30.2 Å². The summed E-state index contributed by atoms with van der Waals surface area (Å²) in [5.74, 6) is -0.593. The third kappa shape index (κ3) is 5.68. The maximum atomic E-state index is 12.0. The van der Waals surface area contributed by atoms with Crippen LogP contribution in [0.5, 0.6) is 0 Å². The molecule has 1 fully saturated rings. The molecule has 2 rings (SSSR count). The summed E-state index contributed by atoms with van der Waals surface area (Å²) in [5.41, 5.74) is 0. The third-order valence-electron chi connectivity index (χ3n) is 3.34. The van der Waals surface area contributed by atoms with Crippen molar-refractivity contribution >= 4 is 35.0 Å². The monoisotopic (exact) mass is 328 g/mol. The van der Waals surface area contributed by atoms with E-state index in [0.29, 0.717) is 11.0 Å². The SMILES string of the molecule is O=C(O)CC(NC(=O)CSC1CCNCC1)c1cccs1. The number of thiophene rings is 1. The minimum atomic E-state index is -0.903. The predicted octanol–water partition coefficient (Wildman–Crippen LogP) is 1.87. The minimum Gasteiger partial charge on any atom is -0.481 e. The minimum absolute atomic E-state index is 0.0791. The van der Waals surface area contributed by atoms with Gasteiger partial charge in [-0.1, -0.05) is 6.07 Å². The molecular weight excluding hydrogens is 308 g/mol. The van der Waals surface area contributed by atoms with Crippen molar-refractivity contribution in [1.29, 1.82) is 0 Å². The van der Waals surface area contributed by atoms with Gasteiger partial charge in [-0.15, -0.1) is 23.1 Å².